The van der Waals surface area contributed by atoms with E-state index in [-0.39, 0.29) is 6.04 Å². The van der Waals surface area contributed by atoms with E-state index in [0.717, 1.165) is 10.9 Å². The Morgan fingerprint density at radius 1 is 1.30 bits per heavy atom. The Morgan fingerprint density at radius 3 is 2.55 bits per heavy atom. The van der Waals surface area contributed by atoms with Crippen LogP contribution >= 0.6 is 12.2 Å². The minimum absolute atomic E-state index is 0.201. The third kappa shape index (κ3) is 4.37. The molecule has 0 aliphatic heterocycles. The van der Waals surface area contributed by atoms with E-state index >= 15 is 0 Å². The van der Waals surface area contributed by atoms with Crippen LogP contribution in [0.4, 0.5) is 0 Å². The second-order valence-electron chi connectivity index (χ2n) is 5.32. The highest BCUT2D eigenvalue weighted by Crippen LogP contribution is 2.19. The lowest BCUT2D eigenvalue weighted by molar-refractivity contribution is 0.340. The Labute approximate surface area is 127 Å². The van der Waals surface area contributed by atoms with Crippen molar-refractivity contribution in [3.8, 4) is 5.75 Å². The van der Waals surface area contributed by atoms with E-state index in [1.165, 1.54) is 31.2 Å². The van der Waals surface area contributed by atoms with Crippen LogP contribution in [-0.4, -0.2) is 17.8 Å². The van der Waals surface area contributed by atoms with Crippen molar-refractivity contribution < 1.29 is 4.74 Å². The smallest absolute Gasteiger partial charge is 0.166 e. The summed E-state index contributed by atoms with van der Waals surface area (Å²) in [5.74, 6) is 0.912. The molecule has 0 spiro atoms. The minimum atomic E-state index is 0.201. The SMILES string of the molecule is CCOc1ccc(C(C)NC(=S)NC2CCCC2)cc1. The number of nitrogens with one attached hydrogen (secondary N) is 2. The molecule has 4 heteroatoms. The van der Waals surface area contributed by atoms with Gasteiger partial charge in [0.1, 0.15) is 5.75 Å². The molecule has 2 N–H and O–H groups in total. The van der Waals surface area contributed by atoms with Gasteiger partial charge in [-0.15, -0.1) is 0 Å². The molecule has 1 aromatic rings. The van der Waals surface area contributed by atoms with Crippen LogP contribution in [0.25, 0.3) is 0 Å². The van der Waals surface area contributed by atoms with Crippen LogP contribution in [0.15, 0.2) is 24.3 Å². The van der Waals surface area contributed by atoms with Crippen molar-refractivity contribution in [3.63, 3.8) is 0 Å². The molecular formula is C16H24N2OS. The second kappa shape index (κ2) is 7.48. The zero-order valence-electron chi connectivity index (χ0n) is 12.3. The Morgan fingerprint density at radius 2 is 1.95 bits per heavy atom. The first-order valence-electron chi connectivity index (χ1n) is 7.49. The molecule has 2 rings (SSSR count). The van der Waals surface area contributed by atoms with E-state index in [1.54, 1.807) is 0 Å². The van der Waals surface area contributed by atoms with E-state index < -0.39 is 0 Å². The molecule has 0 bridgehead atoms. The molecule has 1 unspecified atom stereocenters. The van der Waals surface area contributed by atoms with E-state index in [1.807, 2.05) is 19.1 Å². The summed E-state index contributed by atoms with van der Waals surface area (Å²) in [6.45, 7) is 4.81. The summed E-state index contributed by atoms with van der Waals surface area (Å²) < 4.78 is 5.45. The van der Waals surface area contributed by atoms with Gasteiger partial charge in [0, 0.05) is 6.04 Å². The van der Waals surface area contributed by atoms with Crippen molar-refractivity contribution in [2.24, 2.45) is 0 Å². The van der Waals surface area contributed by atoms with E-state index in [4.69, 9.17) is 17.0 Å². The molecule has 1 aliphatic carbocycles. The zero-order chi connectivity index (χ0) is 14.4. The van der Waals surface area contributed by atoms with Crippen LogP contribution in [0.3, 0.4) is 0 Å². The quantitative estimate of drug-likeness (QED) is 0.813. The minimum Gasteiger partial charge on any atom is -0.494 e. The third-order valence-electron chi connectivity index (χ3n) is 3.73. The Kier molecular flexibility index (Phi) is 5.65. The van der Waals surface area contributed by atoms with Crippen molar-refractivity contribution in [1.29, 1.82) is 0 Å². The van der Waals surface area contributed by atoms with Crippen molar-refractivity contribution in [1.82, 2.24) is 10.6 Å². The average molecular weight is 292 g/mol. The monoisotopic (exact) mass is 292 g/mol. The van der Waals surface area contributed by atoms with Gasteiger partial charge in [-0.3, -0.25) is 0 Å². The van der Waals surface area contributed by atoms with Crippen molar-refractivity contribution in [2.45, 2.75) is 51.6 Å². The van der Waals surface area contributed by atoms with Crippen LogP contribution in [0.2, 0.25) is 0 Å². The summed E-state index contributed by atoms with van der Waals surface area (Å²) in [6, 6.07) is 8.94. The lowest BCUT2D eigenvalue weighted by Crippen LogP contribution is -2.41. The molecular weight excluding hydrogens is 268 g/mol. The normalized spacial score (nSPS) is 16.7. The van der Waals surface area contributed by atoms with Gasteiger partial charge in [0.25, 0.3) is 0 Å². The fraction of sp³-hybridized carbons (Fsp3) is 0.562. The molecule has 20 heavy (non-hydrogen) atoms. The Hall–Kier alpha value is -1.29. The molecule has 0 radical (unpaired) electrons. The van der Waals surface area contributed by atoms with Crippen LogP contribution in [0.5, 0.6) is 5.75 Å². The molecule has 110 valence electrons. The lowest BCUT2D eigenvalue weighted by Gasteiger charge is -2.20. The van der Waals surface area contributed by atoms with E-state index in [2.05, 4.69) is 29.7 Å². The summed E-state index contributed by atoms with van der Waals surface area (Å²) >= 11 is 5.39. The molecule has 1 fully saturated rings. The molecule has 3 nitrogen and oxygen atoms in total. The Bertz CT molecular complexity index is 427. The first-order valence-corrected chi connectivity index (χ1v) is 7.89. The fourth-order valence-corrected chi connectivity index (χ4v) is 2.94. The highest BCUT2D eigenvalue weighted by molar-refractivity contribution is 7.80. The predicted molar refractivity (Wildman–Crippen MR) is 87.2 cm³/mol. The highest BCUT2D eigenvalue weighted by atomic mass is 32.1. The van der Waals surface area contributed by atoms with Gasteiger partial charge in [0.15, 0.2) is 5.11 Å². The summed E-state index contributed by atoms with van der Waals surface area (Å²) in [6.07, 6.45) is 5.10. The summed E-state index contributed by atoms with van der Waals surface area (Å²) in [7, 11) is 0. The van der Waals surface area contributed by atoms with Gasteiger partial charge in [0.2, 0.25) is 0 Å². The first-order chi connectivity index (χ1) is 9.69. The van der Waals surface area contributed by atoms with Gasteiger partial charge >= 0.3 is 0 Å². The maximum Gasteiger partial charge on any atom is 0.166 e. The van der Waals surface area contributed by atoms with E-state index in [0.29, 0.717) is 12.6 Å². The van der Waals surface area contributed by atoms with Crippen molar-refractivity contribution in [3.05, 3.63) is 29.8 Å². The largest absolute Gasteiger partial charge is 0.494 e. The number of benzene rings is 1. The standard InChI is InChI=1S/C16H24N2OS/c1-3-19-15-10-8-13(9-11-15)12(2)17-16(20)18-14-6-4-5-7-14/h8-12,14H,3-7H2,1-2H3,(H2,17,18,20). The first kappa shape index (κ1) is 15.1. The number of thiocarbonyl (C=S) groups is 1. The highest BCUT2D eigenvalue weighted by Gasteiger charge is 2.16. The summed E-state index contributed by atoms with van der Waals surface area (Å²) in [5, 5.41) is 7.52. The summed E-state index contributed by atoms with van der Waals surface area (Å²) in [4.78, 5) is 0. The van der Waals surface area contributed by atoms with Gasteiger partial charge in [-0.2, -0.15) is 0 Å². The lowest BCUT2D eigenvalue weighted by atomic mass is 10.1. The third-order valence-corrected chi connectivity index (χ3v) is 3.96. The van der Waals surface area contributed by atoms with Gasteiger partial charge in [-0.1, -0.05) is 25.0 Å². The fourth-order valence-electron chi connectivity index (χ4n) is 2.60. The molecule has 0 amide bonds. The van der Waals surface area contributed by atoms with Gasteiger partial charge in [-0.25, -0.2) is 0 Å². The van der Waals surface area contributed by atoms with Crippen molar-refractivity contribution in [2.75, 3.05) is 6.61 Å². The second-order valence-corrected chi connectivity index (χ2v) is 5.73. The number of hydrogen-bond donors (Lipinski definition) is 2. The number of hydrogen-bond acceptors (Lipinski definition) is 2. The van der Waals surface area contributed by atoms with Gasteiger partial charge in [-0.05, 0) is 56.6 Å². The molecule has 1 atom stereocenters. The molecule has 1 aromatic carbocycles. The summed E-state index contributed by atoms with van der Waals surface area (Å²) in [5.41, 5.74) is 1.21. The molecule has 0 aromatic heterocycles. The van der Waals surface area contributed by atoms with Crippen LogP contribution in [-0.2, 0) is 0 Å². The Balaban J connectivity index is 1.83. The average Bonchev–Trinajstić information content (AvgIpc) is 2.92. The van der Waals surface area contributed by atoms with Crippen LogP contribution in [0, 0.1) is 0 Å². The maximum atomic E-state index is 5.45. The van der Waals surface area contributed by atoms with Crippen LogP contribution in [0.1, 0.15) is 51.1 Å². The van der Waals surface area contributed by atoms with E-state index in [9.17, 15) is 0 Å². The molecule has 1 aliphatic rings. The molecule has 0 saturated heterocycles. The molecule has 0 heterocycles. The maximum absolute atomic E-state index is 5.45. The number of ether oxygens (including phenoxy) is 1. The predicted octanol–water partition coefficient (Wildman–Crippen LogP) is 3.55. The topological polar surface area (TPSA) is 33.3 Å². The van der Waals surface area contributed by atoms with Gasteiger partial charge in [0.05, 0.1) is 12.6 Å². The zero-order valence-corrected chi connectivity index (χ0v) is 13.1. The number of rotatable bonds is 5. The van der Waals surface area contributed by atoms with Crippen LogP contribution < -0.4 is 15.4 Å². The van der Waals surface area contributed by atoms with Gasteiger partial charge < -0.3 is 15.4 Å². The van der Waals surface area contributed by atoms with Crippen molar-refractivity contribution >= 4 is 17.3 Å². The molecule has 1 saturated carbocycles.